The molecule has 0 spiro atoms. The molecule has 218 valence electrons. The normalized spacial score (nSPS) is 17.1. The third-order valence-electron chi connectivity index (χ3n) is 7.65. The standard InChI is InChI=1S/C29H49N3O5.ClH/c1-21(2)22(18-24(30)25(33)20-32-28(35)29(3)14-8-5-9-15-29)19-31-27(34)23-12-6-7-13-26(23)37-17-11-10-16-36-4;/h6-7,12-13,21-22,24-25,33H,5,8-11,14-20,30H2,1-4H3,(H,31,34)(H,32,35);1H. The molecule has 0 saturated heterocycles. The summed E-state index contributed by atoms with van der Waals surface area (Å²) in [7, 11) is 1.68. The van der Waals surface area contributed by atoms with E-state index < -0.39 is 12.1 Å². The van der Waals surface area contributed by atoms with Gasteiger partial charge in [-0.05, 0) is 56.1 Å². The fourth-order valence-electron chi connectivity index (χ4n) is 4.85. The van der Waals surface area contributed by atoms with Crippen molar-refractivity contribution < 1.29 is 24.2 Å². The summed E-state index contributed by atoms with van der Waals surface area (Å²) in [5.74, 6) is 0.697. The van der Waals surface area contributed by atoms with Gasteiger partial charge in [0.25, 0.3) is 5.91 Å². The van der Waals surface area contributed by atoms with Gasteiger partial charge in [-0.15, -0.1) is 12.4 Å². The number of para-hydroxylation sites is 1. The number of ether oxygens (including phenoxy) is 2. The van der Waals surface area contributed by atoms with E-state index in [1.165, 1.54) is 6.42 Å². The maximum Gasteiger partial charge on any atom is 0.255 e. The number of rotatable bonds is 16. The van der Waals surface area contributed by atoms with Crippen LogP contribution in [0.2, 0.25) is 0 Å². The first-order valence-electron chi connectivity index (χ1n) is 13.9. The van der Waals surface area contributed by atoms with E-state index in [1.54, 1.807) is 19.2 Å². The minimum Gasteiger partial charge on any atom is -0.493 e. The molecule has 1 aromatic rings. The molecule has 2 amide bonds. The number of aliphatic hydroxyl groups excluding tert-OH is 1. The molecule has 0 aliphatic heterocycles. The first-order valence-corrected chi connectivity index (χ1v) is 13.9. The Balaban J connectivity index is 0.00000722. The number of benzene rings is 1. The zero-order valence-electron chi connectivity index (χ0n) is 23.7. The highest BCUT2D eigenvalue weighted by molar-refractivity contribution is 5.96. The summed E-state index contributed by atoms with van der Waals surface area (Å²) < 4.78 is 10.9. The fraction of sp³-hybridized carbons (Fsp3) is 0.724. The van der Waals surface area contributed by atoms with E-state index >= 15 is 0 Å². The van der Waals surface area contributed by atoms with Crippen LogP contribution in [0.1, 0.15) is 82.5 Å². The number of halogens is 1. The van der Waals surface area contributed by atoms with E-state index in [0.717, 1.165) is 38.5 Å². The predicted octanol–water partition coefficient (Wildman–Crippen LogP) is 4.08. The predicted molar refractivity (Wildman–Crippen MR) is 154 cm³/mol. The molecule has 38 heavy (non-hydrogen) atoms. The highest BCUT2D eigenvalue weighted by Crippen LogP contribution is 2.35. The Morgan fingerprint density at radius 2 is 1.71 bits per heavy atom. The highest BCUT2D eigenvalue weighted by Gasteiger charge is 2.35. The van der Waals surface area contributed by atoms with Crippen LogP contribution in [0.25, 0.3) is 0 Å². The number of carbonyl (C=O) groups is 2. The number of nitrogens with two attached hydrogens (primary N) is 1. The number of nitrogens with one attached hydrogen (secondary N) is 2. The van der Waals surface area contributed by atoms with Gasteiger partial charge in [-0.2, -0.15) is 0 Å². The van der Waals surface area contributed by atoms with Crippen molar-refractivity contribution >= 4 is 24.2 Å². The van der Waals surface area contributed by atoms with Crippen molar-refractivity contribution in [2.75, 3.05) is 33.4 Å². The first-order chi connectivity index (χ1) is 17.7. The van der Waals surface area contributed by atoms with Crippen LogP contribution >= 0.6 is 12.4 Å². The molecule has 0 aromatic heterocycles. The summed E-state index contributed by atoms with van der Waals surface area (Å²) in [5, 5.41) is 16.6. The molecule has 1 aliphatic rings. The molecular formula is C29H50ClN3O5. The number of hydrogen-bond donors (Lipinski definition) is 4. The molecule has 1 aliphatic carbocycles. The average Bonchev–Trinajstić information content (AvgIpc) is 2.89. The molecular weight excluding hydrogens is 506 g/mol. The second-order valence-electron chi connectivity index (χ2n) is 11.1. The fourth-order valence-corrected chi connectivity index (χ4v) is 4.85. The van der Waals surface area contributed by atoms with Crippen LogP contribution in [0, 0.1) is 17.3 Å². The van der Waals surface area contributed by atoms with Gasteiger partial charge in [0.1, 0.15) is 5.75 Å². The Kier molecular flexibility index (Phi) is 15.9. The molecule has 0 heterocycles. The van der Waals surface area contributed by atoms with Crippen LogP contribution in [0.5, 0.6) is 5.75 Å². The van der Waals surface area contributed by atoms with Crippen molar-refractivity contribution in [3.8, 4) is 5.75 Å². The van der Waals surface area contributed by atoms with Crippen LogP contribution in [-0.2, 0) is 9.53 Å². The van der Waals surface area contributed by atoms with Crippen LogP contribution < -0.4 is 21.1 Å². The van der Waals surface area contributed by atoms with Crippen molar-refractivity contribution in [2.45, 2.75) is 84.3 Å². The Hall–Kier alpha value is -1.87. The zero-order chi connectivity index (χ0) is 27.3. The van der Waals surface area contributed by atoms with Crippen LogP contribution in [-0.4, -0.2) is 62.5 Å². The first kappa shape index (κ1) is 34.2. The maximum absolute atomic E-state index is 13.0. The molecule has 3 unspecified atom stereocenters. The molecule has 3 atom stereocenters. The van der Waals surface area contributed by atoms with E-state index in [4.69, 9.17) is 15.2 Å². The zero-order valence-corrected chi connectivity index (χ0v) is 24.5. The number of amides is 2. The summed E-state index contributed by atoms with van der Waals surface area (Å²) in [6, 6.07) is 6.73. The summed E-state index contributed by atoms with van der Waals surface area (Å²) in [6.45, 7) is 7.95. The number of aliphatic hydroxyl groups is 1. The Morgan fingerprint density at radius 1 is 1.05 bits per heavy atom. The largest absolute Gasteiger partial charge is 0.493 e. The molecule has 5 N–H and O–H groups in total. The average molecular weight is 556 g/mol. The summed E-state index contributed by atoms with van der Waals surface area (Å²) in [6.07, 6.45) is 6.52. The van der Waals surface area contributed by atoms with Crippen molar-refractivity contribution in [1.29, 1.82) is 0 Å². The van der Waals surface area contributed by atoms with Gasteiger partial charge in [-0.25, -0.2) is 0 Å². The number of methoxy groups -OCH3 is 1. The summed E-state index contributed by atoms with van der Waals surface area (Å²) in [5.41, 5.74) is 6.49. The molecule has 2 rings (SSSR count). The van der Waals surface area contributed by atoms with Gasteiger partial charge in [-0.3, -0.25) is 9.59 Å². The monoisotopic (exact) mass is 555 g/mol. The van der Waals surface area contributed by atoms with E-state index in [2.05, 4.69) is 24.5 Å². The van der Waals surface area contributed by atoms with Crippen LogP contribution in [0.15, 0.2) is 24.3 Å². The van der Waals surface area contributed by atoms with Gasteiger partial charge in [0.05, 0.1) is 18.3 Å². The number of hydrogen-bond acceptors (Lipinski definition) is 6. The van der Waals surface area contributed by atoms with Crippen LogP contribution in [0.3, 0.4) is 0 Å². The second-order valence-corrected chi connectivity index (χ2v) is 11.1. The highest BCUT2D eigenvalue weighted by atomic mass is 35.5. The molecule has 0 bridgehead atoms. The maximum atomic E-state index is 13.0. The molecule has 1 aromatic carbocycles. The van der Waals surface area contributed by atoms with Crippen molar-refractivity contribution in [3.05, 3.63) is 29.8 Å². The number of unbranched alkanes of at least 4 members (excludes halogenated alkanes) is 1. The van der Waals surface area contributed by atoms with Crippen molar-refractivity contribution in [3.63, 3.8) is 0 Å². The van der Waals surface area contributed by atoms with E-state index in [0.29, 0.717) is 37.5 Å². The lowest BCUT2D eigenvalue weighted by molar-refractivity contribution is -0.132. The Bertz CT molecular complexity index is 832. The SMILES string of the molecule is COCCCCOc1ccccc1C(=O)NCC(CC(N)C(O)CNC(=O)C1(C)CCCCC1)C(C)C.Cl. The topological polar surface area (TPSA) is 123 Å². The van der Waals surface area contributed by atoms with Crippen LogP contribution in [0.4, 0.5) is 0 Å². The lowest BCUT2D eigenvalue weighted by atomic mass is 9.75. The summed E-state index contributed by atoms with van der Waals surface area (Å²) >= 11 is 0. The van der Waals surface area contributed by atoms with Gasteiger partial charge in [0, 0.05) is 38.3 Å². The van der Waals surface area contributed by atoms with Gasteiger partial charge in [0.2, 0.25) is 5.91 Å². The number of carbonyl (C=O) groups excluding carboxylic acids is 2. The van der Waals surface area contributed by atoms with Gasteiger partial charge in [0.15, 0.2) is 0 Å². The van der Waals surface area contributed by atoms with Gasteiger partial charge in [-0.1, -0.05) is 52.2 Å². The van der Waals surface area contributed by atoms with Gasteiger partial charge >= 0.3 is 0 Å². The minimum absolute atomic E-state index is 0. The van der Waals surface area contributed by atoms with E-state index in [-0.39, 0.29) is 48.0 Å². The van der Waals surface area contributed by atoms with Crippen molar-refractivity contribution in [2.24, 2.45) is 23.0 Å². The lowest BCUT2D eigenvalue weighted by Gasteiger charge is -2.33. The van der Waals surface area contributed by atoms with E-state index in [1.807, 2.05) is 19.1 Å². The third-order valence-corrected chi connectivity index (χ3v) is 7.65. The second kappa shape index (κ2) is 17.7. The molecule has 9 heteroatoms. The molecule has 1 saturated carbocycles. The summed E-state index contributed by atoms with van der Waals surface area (Å²) in [4.78, 5) is 25.7. The van der Waals surface area contributed by atoms with Gasteiger partial charge < -0.3 is 30.9 Å². The minimum atomic E-state index is -0.847. The lowest BCUT2D eigenvalue weighted by Crippen LogP contribution is -2.49. The molecule has 8 nitrogen and oxygen atoms in total. The molecule has 0 radical (unpaired) electrons. The quantitative estimate of drug-likeness (QED) is 0.228. The third kappa shape index (κ3) is 11.1. The molecule has 1 fully saturated rings. The smallest absolute Gasteiger partial charge is 0.255 e. The Labute approximate surface area is 235 Å². The van der Waals surface area contributed by atoms with E-state index in [9.17, 15) is 14.7 Å². The van der Waals surface area contributed by atoms with Crippen molar-refractivity contribution in [1.82, 2.24) is 10.6 Å². The Morgan fingerprint density at radius 3 is 2.37 bits per heavy atom.